The van der Waals surface area contributed by atoms with Crippen molar-refractivity contribution < 1.29 is 0 Å². The average molecular weight is 221 g/mol. The first-order valence-corrected chi connectivity index (χ1v) is 6.01. The number of rotatable bonds is 2. The molecule has 2 rings (SSSR count). The van der Waals surface area contributed by atoms with Crippen LogP contribution in [-0.2, 0) is 0 Å². The summed E-state index contributed by atoms with van der Waals surface area (Å²) < 4.78 is 0. The van der Waals surface area contributed by atoms with Crippen LogP contribution in [0.2, 0.25) is 0 Å². The van der Waals surface area contributed by atoms with Gasteiger partial charge in [-0.15, -0.1) is 0 Å². The van der Waals surface area contributed by atoms with Gasteiger partial charge in [0, 0.05) is 17.6 Å². The predicted octanol–water partition coefficient (Wildman–Crippen LogP) is 2.22. The van der Waals surface area contributed by atoms with Crippen molar-refractivity contribution in [2.45, 2.75) is 25.1 Å². The van der Waals surface area contributed by atoms with Crippen LogP contribution in [0.5, 0.6) is 0 Å². The summed E-state index contributed by atoms with van der Waals surface area (Å²) in [4.78, 5) is 8.54. The molecule has 1 N–H and O–H groups in total. The van der Waals surface area contributed by atoms with E-state index in [2.05, 4.69) is 35.2 Å². The molecule has 2 heterocycles. The Morgan fingerprint density at radius 3 is 3.07 bits per heavy atom. The van der Waals surface area contributed by atoms with Crippen LogP contribution in [-0.4, -0.2) is 21.9 Å². The molecule has 0 fully saturated rings. The molecule has 1 aromatic heterocycles. The highest BCUT2D eigenvalue weighted by atomic mass is 32.2. The number of nitrogens with zero attached hydrogens (tertiary/aromatic N) is 2. The highest BCUT2D eigenvalue weighted by Gasteiger charge is 2.16. The quantitative estimate of drug-likeness (QED) is 0.832. The third kappa shape index (κ3) is 2.72. The van der Waals surface area contributed by atoms with Gasteiger partial charge in [0.15, 0.2) is 5.17 Å². The Balaban J connectivity index is 1.96. The van der Waals surface area contributed by atoms with Gasteiger partial charge in [-0.2, -0.15) is 0 Å². The molecule has 4 heteroatoms. The molecule has 0 aliphatic carbocycles. The van der Waals surface area contributed by atoms with Crippen LogP contribution in [0, 0.1) is 0 Å². The van der Waals surface area contributed by atoms with E-state index in [-0.39, 0.29) is 6.04 Å². The minimum atomic E-state index is 0.273. The topological polar surface area (TPSA) is 37.3 Å². The summed E-state index contributed by atoms with van der Waals surface area (Å²) >= 11 is 1.81. The van der Waals surface area contributed by atoms with E-state index >= 15 is 0 Å². The van der Waals surface area contributed by atoms with E-state index in [0.29, 0.717) is 5.25 Å². The van der Waals surface area contributed by atoms with Gasteiger partial charge in [0.05, 0.1) is 12.6 Å². The first-order chi connectivity index (χ1) is 7.25. The lowest BCUT2D eigenvalue weighted by molar-refractivity contribution is 0.719. The van der Waals surface area contributed by atoms with Crippen molar-refractivity contribution in [3.8, 4) is 0 Å². The Labute approximate surface area is 94.4 Å². The van der Waals surface area contributed by atoms with Crippen molar-refractivity contribution in [3.63, 3.8) is 0 Å². The fraction of sp³-hybridized carbons (Fsp3) is 0.455. The van der Waals surface area contributed by atoms with Gasteiger partial charge in [0.1, 0.15) is 0 Å². The van der Waals surface area contributed by atoms with E-state index < -0.39 is 0 Å². The van der Waals surface area contributed by atoms with Crippen LogP contribution in [0.1, 0.15) is 25.5 Å². The highest BCUT2D eigenvalue weighted by molar-refractivity contribution is 8.14. The summed E-state index contributed by atoms with van der Waals surface area (Å²) in [5.41, 5.74) is 1.19. The van der Waals surface area contributed by atoms with Crippen molar-refractivity contribution in [1.82, 2.24) is 10.3 Å². The van der Waals surface area contributed by atoms with Gasteiger partial charge in [-0.3, -0.25) is 9.98 Å². The number of pyridine rings is 1. The zero-order valence-electron chi connectivity index (χ0n) is 8.97. The molecule has 0 amide bonds. The number of aromatic nitrogens is 1. The second kappa shape index (κ2) is 4.66. The zero-order chi connectivity index (χ0) is 10.7. The number of thioether (sulfide) groups is 1. The maximum atomic E-state index is 4.43. The van der Waals surface area contributed by atoms with Gasteiger partial charge in [-0.05, 0) is 18.6 Å². The van der Waals surface area contributed by atoms with E-state index in [1.54, 1.807) is 18.0 Å². The lowest BCUT2D eigenvalue weighted by Gasteiger charge is -2.14. The SMILES string of the molecule is CC1CN=C(NC(C)c2cccnc2)S1. The summed E-state index contributed by atoms with van der Waals surface area (Å²) in [5, 5.41) is 5.06. The maximum Gasteiger partial charge on any atom is 0.157 e. The molecule has 0 saturated carbocycles. The van der Waals surface area contributed by atoms with Crippen molar-refractivity contribution in [1.29, 1.82) is 0 Å². The molecule has 15 heavy (non-hydrogen) atoms. The lowest BCUT2D eigenvalue weighted by Crippen LogP contribution is -2.23. The van der Waals surface area contributed by atoms with Crippen LogP contribution in [0.25, 0.3) is 0 Å². The zero-order valence-corrected chi connectivity index (χ0v) is 9.79. The van der Waals surface area contributed by atoms with Crippen molar-refractivity contribution in [3.05, 3.63) is 30.1 Å². The first-order valence-electron chi connectivity index (χ1n) is 5.13. The summed E-state index contributed by atoms with van der Waals surface area (Å²) in [6.45, 7) is 5.24. The Kier molecular flexibility index (Phi) is 3.26. The summed E-state index contributed by atoms with van der Waals surface area (Å²) in [6.07, 6.45) is 3.68. The Hall–Kier alpha value is -1.03. The van der Waals surface area contributed by atoms with Gasteiger partial charge in [-0.1, -0.05) is 24.8 Å². The Morgan fingerprint density at radius 1 is 1.60 bits per heavy atom. The molecule has 0 saturated heterocycles. The Bertz CT molecular complexity index is 350. The van der Waals surface area contributed by atoms with Crippen LogP contribution in [0.15, 0.2) is 29.5 Å². The average Bonchev–Trinajstić information content (AvgIpc) is 2.65. The van der Waals surface area contributed by atoms with Crippen LogP contribution < -0.4 is 5.32 Å². The van der Waals surface area contributed by atoms with E-state index in [1.807, 2.05) is 12.3 Å². The fourth-order valence-corrected chi connectivity index (χ4v) is 2.38. The standard InChI is InChI=1S/C11H15N3S/c1-8-6-13-11(15-8)14-9(2)10-4-3-5-12-7-10/h3-5,7-9H,6H2,1-2H3,(H,13,14). The molecule has 0 radical (unpaired) electrons. The lowest BCUT2D eigenvalue weighted by atomic mass is 10.1. The molecule has 3 nitrogen and oxygen atoms in total. The van der Waals surface area contributed by atoms with E-state index in [0.717, 1.165) is 11.7 Å². The number of amidine groups is 1. The van der Waals surface area contributed by atoms with Crippen molar-refractivity contribution in [2.24, 2.45) is 4.99 Å². The van der Waals surface area contributed by atoms with Crippen LogP contribution >= 0.6 is 11.8 Å². The van der Waals surface area contributed by atoms with Crippen LogP contribution in [0.3, 0.4) is 0 Å². The molecule has 1 aromatic rings. The summed E-state index contributed by atoms with van der Waals surface area (Å²) in [5.74, 6) is 0. The minimum absolute atomic E-state index is 0.273. The normalized spacial score (nSPS) is 22.3. The molecule has 0 bridgehead atoms. The summed E-state index contributed by atoms with van der Waals surface area (Å²) in [7, 11) is 0. The number of hydrogen-bond acceptors (Lipinski definition) is 4. The minimum Gasteiger partial charge on any atom is -0.358 e. The van der Waals surface area contributed by atoms with Gasteiger partial charge >= 0.3 is 0 Å². The summed E-state index contributed by atoms with van der Waals surface area (Å²) in [6, 6.07) is 4.31. The molecular formula is C11H15N3S. The maximum absolute atomic E-state index is 4.43. The molecular weight excluding hydrogens is 206 g/mol. The largest absolute Gasteiger partial charge is 0.358 e. The van der Waals surface area contributed by atoms with Crippen molar-refractivity contribution >= 4 is 16.9 Å². The van der Waals surface area contributed by atoms with Crippen molar-refractivity contribution in [2.75, 3.05) is 6.54 Å². The molecule has 80 valence electrons. The second-order valence-corrected chi connectivity index (χ2v) is 5.15. The third-order valence-electron chi connectivity index (χ3n) is 2.33. The molecule has 1 aliphatic rings. The number of aliphatic imine (C=N–C) groups is 1. The highest BCUT2D eigenvalue weighted by Crippen LogP contribution is 2.21. The molecule has 0 aromatic carbocycles. The van der Waals surface area contributed by atoms with E-state index in [4.69, 9.17) is 0 Å². The predicted molar refractivity (Wildman–Crippen MR) is 65.1 cm³/mol. The number of hydrogen-bond donors (Lipinski definition) is 1. The molecule has 0 spiro atoms. The van der Waals surface area contributed by atoms with Gasteiger partial charge in [0.25, 0.3) is 0 Å². The first kappa shape index (κ1) is 10.5. The number of nitrogens with one attached hydrogen (secondary N) is 1. The third-order valence-corrected chi connectivity index (χ3v) is 3.35. The van der Waals surface area contributed by atoms with Gasteiger partial charge in [0.2, 0.25) is 0 Å². The molecule has 2 unspecified atom stereocenters. The fourth-order valence-electron chi connectivity index (χ4n) is 1.46. The van der Waals surface area contributed by atoms with Gasteiger partial charge in [-0.25, -0.2) is 0 Å². The Morgan fingerprint density at radius 2 is 2.47 bits per heavy atom. The van der Waals surface area contributed by atoms with E-state index in [1.165, 1.54) is 5.56 Å². The van der Waals surface area contributed by atoms with E-state index in [9.17, 15) is 0 Å². The monoisotopic (exact) mass is 221 g/mol. The molecule has 1 aliphatic heterocycles. The van der Waals surface area contributed by atoms with Crippen LogP contribution in [0.4, 0.5) is 0 Å². The van der Waals surface area contributed by atoms with Gasteiger partial charge < -0.3 is 5.32 Å². The second-order valence-electron chi connectivity index (χ2n) is 3.73. The smallest absolute Gasteiger partial charge is 0.157 e. The molecule has 2 atom stereocenters.